The number of anilines is 2. The SMILES string of the molecule is CNC(=O)CSc1ncc2cc(-c3ccccc3OCc3cnc(N)nc3N)sc2n1. The summed E-state index contributed by atoms with van der Waals surface area (Å²) in [5, 5.41) is 4.07. The molecule has 0 bridgehead atoms. The Kier molecular flexibility index (Phi) is 6.14. The van der Waals surface area contributed by atoms with Crippen LogP contribution in [0.2, 0.25) is 0 Å². The number of hydrogen-bond acceptors (Lipinski definition) is 10. The van der Waals surface area contributed by atoms with Crippen LogP contribution in [0.3, 0.4) is 0 Å². The molecule has 4 rings (SSSR count). The van der Waals surface area contributed by atoms with Crippen LogP contribution in [0.4, 0.5) is 11.8 Å². The van der Waals surface area contributed by atoms with E-state index in [1.165, 1.54) is 23.1 Å². The quantitative estimate of drug-likeness (QED) is 0.284. The zero-order valence-corrected chi connectivity index (χ0v) is 18.2. The van der Waals surface area contributed by atoms with Crippen molar-refractivity contribution in [2.45, 2.75) is 11.8 Å². The van der Waals surface area contributed by atoms with Crippen LogP contribution in [-0.2, 0) is 11.4 Å². The highest BCUT2D eigenvalue weighted by molar-refractivity contribution is 7.99. The summed E-state index contributed by atoms with van der Waals surface area (Å²) in [6, 6.07) is 9.75. The molecule has 1 aromatic carbocycles. The van der Waals surface area contributed by atoms with E-state index in [1.807, 2.05) is 30.3 Å². The summed E-state index contributed by atoms with van der Waals surface area (Å²) in [5.74, 6) is 1.32. The maximum Gasteiger partial charge on any atom is 0.230 e. The molecule has 0 aliphatic rings. The van der Waals surface area contributed by atoms with Crippen molar-refractivity contribution in [2.24, 2.45) is 0 Å². The summed E-state index contributed by atoms with van der Waals surface area (Å²) >= 11 is 2.83. The maximum absolute atomic E-state index is 11.5. The molecule has 0 saturated carbocycles. The van der Waals surface area contributed by atoms with E-state index in [9.17, 15) is 4.79 Å². The van der Waals surface area contributed by atoms with Crippen molar-refractivity contribution in [3.63, 3.8) is 0 Å². The minimum absolute atomic E-state index is 0.0706. The largest absolute Gasteiger partial charge is 0.488 e. The average molecular weight is 454 g/mol. The van der Waals surface area contributed by atoms with E-state index in [1.54, 1.807) is 19.4 Å². The second kappa shape index (κ2) is 9.14. The first kappa shape index (κ1) is 20.8. The summed E-state index contributed by atoms with van der Waals surface area (Å²) in [4.78, 5) is 30.1. The van der Waals surface area contributed by atoms with E-state index in [2.05, 4.69) is 25.3 Å². The normalized spacial score (nSPS) is 10.9. The van der Waals surface area contributed by atoms with Gasteiger partial charge in [-0.25, -0.2) is 15.0 Å². The molecule has 0 atom stereocenters. The fraction of sp³-hybridized carbons (Fsp3) is 0.150. The number of nitrogens with two attached hydrogens (primary N) is 2. The molecule has 0 fully saturated rings. The van der Waals surface area contributed by atoms with Crippen LogP contribution in [0.1, 0.15) is 5.56 Å². The molecule has 1 amide bonds. The van der Waals surface area contributed by atoms with Gasteiger partial charge in [-0.1, -0.05) is 23.9 Å². The Morgan fingerprint density at radius 1 is 1.19 bits per heavy atom. The standard InChI is InChI=1S/C20H19N7O2S2/c1-23-16(28)10-30-20-25-7-11-6-15(31-18(11)27-20)13-4-2-3-5-14(13)29-9-12-8-24-19(22)26-17(12)21/h2-8H,9-10H2,1H3,(H,23,28)(H4,21,22,24,26). The summed E-state index contributed by atoms with van der Waals surface area (Å²) in [7, 11) is 1.60. The molecule has 0 radical (unpaired) electrons. The number of fused-ring (bicyclic) bond motifs is 1. The first-order chi connectivity index (χ1) is 15.0. The van der Waals surface area contributed by atoms with Crippen molar-refractivity contribution in [3.8, 4) is 16.2 Å². The van der Waals surface area contributed by atoms with Crippen molar-refractivity contribution in [1.82, 2.24) is 25.3 Å². The lowest BCUT2D eigenvalue weighted by Gasteiger charge is -2.11. The number of carbonyl (C=O) groups is 1. The topological polar surface area (TPSA) is 142 Å². The van der Waals surface area contributed by atoms with E-state index in [0.29, 0.717) is 22.3 Å². The Balaban J connectivity index is 1.57. The molecule has 9 nitrogen and oxygen atoms in total. The molecule has 31 heavy (non-hydrogen) atoms. The summed E-state index contributed by atoms with van der Waals surface area (Å²) < 4.78 is 6.02. The molecular weight excluding hydrogens is 434 g/mol. The Hall–Kier alpha value is -3.44. The van der Waals surface area contributed by atoms with Gasteiger partial charge in [0.15, 0.2) is 5.16 Å². The first-order valence-corrected chi connectivity index (χ1v) is 11.0. The van der Waals surface area contributed by atoms with Gasteiger partial charge in [0.25, 0.3) is 0 Å². The number of carbonyl (C=O) groups excluding carboxylic acids is 1. The molecule has 4 aromatic rings. The van der Waals surface area contributed by atoms with E-state index < -0.39 is 0 Å². The molecule has 5 N–H and O–H groups in total. The highest BCUT2D eigenvalue weighted by atomic mass is 32.2. The molecule has 3 aromatic heterocycles. The lowest BCUT2D eigenvalue weighted by atomic mass is 10.1. The van der Waals surface area contributed by atoms with Gasteiger partial charge in [0.05, 0.1) is 11.3 Å². The molecule has 0 saturated heterocycles. The van der Waals surface area contributed by atoms with Crippen LogP contribution >= 0.6 is 23.1 Å². The number of para-hydroxylation sites is 1. The van der Waals surface area contributed by atoms with Crippen LogP contribution in [-0.4, -0.2) is 38.6 Å². The first-order valence-electron chi connectivity index (χ1n) is 9.22. The predicted octanol–water partition coefficient (Wildman–Crippen LogP) is 2.73. The molecule has 3 heterocycles. The Labute approximate surface area is 186 Å². The third-order valence-corrected chi connectivity index (χ3v) is 6.25. The van der Waals surface area contributed by atoms with Crippen LogP contribution < -0.4 is 21.5 Å². The lowest BCUT2D eigenvalue weighted by Crippen LogP contribution is -2.19. The number of ether oxygens (including phenoxy) is 1. The number of thiophene rings is 1. The summed E-state index contributed by atoms with van der Waals surface area (Å²) in [5.41, 5.74) is 13.0. The van der Waals surface area contributed by atoms with Gasteiger partial charge in [-0.15, -0.1) is 11.3 Å². The van der Waals surface area contributed by atoms with E-state index in [-0.39, 0.29) is 24.2 Å². The number of rotatable bonds is 7. The number of nitrogen functional groups attached to an aromatic ring is 2. The number of aromatic nitrogens is 4. The van der Waals surface area contributed by atoms with E-state index >= 15 is 0 Å². The van der Waals surface area contributed by atoms with Gasteiger partial charge in [0.1, 0.15) is 23.0 Å². The number of benzene rings is 1. The molecule has 158 valence electrons. The van der Waals surface area contributed by atoms with Crippen LogP contribution in [0, 0.1) is 0 Å². The van der Waals surface area contributed by atoms with Crippen LogP contribution in [0.25, 0.3) is 20.7 Å². The van der Waals surface area contributed by atoms with E-state index in [0.717, 1.165) is 20.7 Å². The zero-order valence-electron chi connectivity index (χ0n) is 16.5. The van der Waals surface area contributed by atoms with Gasteiger partial charge in [-0.05, 0) is 18.2 Å². The van der Waals surface area contributed by atoms with Crippen molar-refractivity contribution in [1.29, 1.82) is 0 Å². The number of nitrogens with one attached hydrogen (secondary N) is 1. The minimum Gasteiger partial charge on any atom is -0.488 e. The predicted molar refractivity (Wildman–Crippen MR) is 123 cm³/mol. The maximum atomic E-state index is 11.5. The fourth-order valence-electron chi connectivity index (χ4n) is 2.72. The third kappa shape index (κ3) is 4.84. The van der Waals surface area contributed by atoms with E-state index in [4.69, 9.17) is 16.2 Å². The van der Waals surface area contributed by atoms with Crippen molar-refractivity contribution >= 4 is 51.0 Å². The van der Waals surface area contributed by atoms with Gasteiger partial charge in [0.2, 0.25) is 11.9 Å². The zero-order chi connectivity index (χ0) is 21.8. The van der Waals surface area contributed by atoms with Gasteiger partial charge in [-0.2, -0.15) is 4.98 Å². The van der Waals surface area contributed by atoms with Gasteiger partial charge >= 0.3 is 0 Å². The number of thioether (sulfide) groups is 1. The summed E-state index contributed by atoms with van der Waals surface area (Å²) in [6.45, 7) is 0.216. The Bertz CT molecular complexity index is 1250. The number of amides is 1. The smallest absolute Gasteiger partial charge is 0.230 e. The Morgan fingerprint density at radius 3 is 2.84 bits per heavy atom. The molecule has 0 aliphatic carbocycles. The Morgan fingerprint density at radius 2 is 2.03 bits per heavy atom. The number of hydrogen-bond donors (Lipinski definition) is 3. The fourth-order valence-corrected chi connectivity index (χ4v) is 4.50. The summed E-state index contributed by atoms with van der Waals surface area (Å²) in [6.07, 6.45) is 3.33. The average Bonchev–Trinajstić information content (AvgIpc) is 3.20. The molecular formula is C20H19N7O2S2. The molecule has 0 aliphatic heterocycles. The molecule has 0 unspecified atom stereocenters. The third-order valence-electron chi connectivity index (χ3n) is 4.31. The van der Waals surface area contributed by atoms with Crippen molar-refractivity contribution < 1.29 is 9.53 Å². The van der Waals surface area contributed by atoms with Crippen molar-refractivity contribution in [2.75, 3.05) is 24.3 Å². The monoisotopic (exact) mass is 453 g/mol. The van der Waals surface area contributed by atoms with Gasteiger partial charge in [0, 0.05) is 35.3 Å². The molecule has 0 spiro atoms. The molecule has 11 heteroatoms. The minimum atomic E-state index is -0.0706. The van der Waals surface area contributed by atoms with Crippen LogP contribution in [0.15, 0.2) is 47.9 Å². The highest BCUT2D eigenvalue weighted by Crippen LogP contribution is 2.38. The van der Waals surface area contributed by atoms with Gasteiger partial charge in [-0.3, -0.25) is 4.79 Å². The van der Waals surface area contributed by atoms with Crippen LogP contribution in [0.5, 0.6) is 5.75 Å². The second-order valence-electron chi connectivity index (χ2n) is 6.41. The van der Waals surface area contributed by atoms with Crippen molar-refractivity contribution in [3.05, 3.63) is 48.3 Å². The lowest BCUT2D eigenvalue weighted by molar-refractivity contribution is -0.118. The highest BCUT2D eigenvalue weighted by Gasteiger charge is 2.13. The number of nitrogens with zero attached hydrogens (tertiary/aromatic N) is 4. The second-order valence-corrected chi connectivity index (χ2v) is 8.38. The van der Waals surface area contributed by atoms with Gasteiger partial charge < -0.3 is 21.5 Å².